The molecular weight excluding hydrogens is 226 g/mol. The Labute approximate surface area is 97.5 Å². The van der Waals surface area contributed by atoms with E-state index in [1.54, 1.807) is 18.2 Å². The zero-order valence-electron chi connectivity index (χ0n) is 9.11. The van der Waals surface area contributed by atoms with Crippen molar-refractivity contribution in [2.75, 3.05) is 6.54 Å². The second-order valence-corrected chi connectivity index (χ2v) is 3.59. The average molecular weight is 239 g/mol. The first kappa shape index (κ1) is 13.0. The molecule has 0 spiro atoms. The molecule has 0 heterocycles. The van der Waals surface area contributed by atoms with Gasteiger partial charge in [0.15, 0.2) is 0 Å². The van der Waals surface area contributed by atoms with Crippen LogP contribution in [0.3, 0.4) is 0 Å². The van der Waals surface area contributed by atoms with Gasteiger partial charge in [-0.1, -0.05) is 18.2 Å². The molecule has 17 heavy (non-hydrogen) atoms. The van der Waals surface area contributed by atoms with Crippen molar-refractivity contribution in [3.05, 3.63) is 56.1 Å². The van der Waals surface area contributed by atoms with Crippen LogP contribution >= 0.6 is 0 Å². The molecule has 2 N–H and O–H groups in total. The number of nitro groups is 2. The summed E-state index contributed by atoms with van der Waals surface area (Å²) in [6.45, 7) is 0.177. The maximum atomic E-state index is 11.1. The normalized spacial score (nSPS) is 11.1. The molecule has 1 rings (SSSR count). The molecule has 7 heteroatoms. The highest BCUT2D eigenvalue weighted by Crippen LogP contribution is 2.30. The molecule has 1 aromatic rings. The lowest BCUT2D eigenvalue weighted by Crippen LogP contribution is -2.43. The second-order valence-electron chi connectivity index (χ2n) is 3.59. The number of hydrogen-bond donors (Lipinski definition) is 1. The number of benzene rings is 1. The van der Waals surface area contributed by atoms with E-state index >= 15 is 0 Å². The van der Waals surface area contributed by atoms with Gasteiger partial charge < -0.3 is 5.73 Å². The summed E-state index contributed by atoms with van der Waals surface area (Å²) in [5.74, 6) is 0. The van der Waals surface area contributed by atoms with Crippen molar-refractivity contribution in [1.82, 2.24) is 0 Å². The molecule has 0 fully saturated rings. The SMILES string of the molecule is NCCCC(c1ccccc1)([N+](=O)[O-])[N+](=O)[O-]. The van der Waals surface area contributed by atoms with Gasteiger partial charge in [-0.15, -0.1) is 0 Å². The largest absolute Gasteiger partial charge is 0.484 e. The van der Waals surface area contributed by atoms with Crippen LogP contribution in [-0.4, -0.2) is 16.4 Å². The summed E-state index contributed by atoms with van der Waals surface area (Å²) in [5, 5.41) is 22.2. The lowest BCUT2D eigenvalue weighted by Gasteiger charge is -2.16. The van der Waals surface area contributed by atoms with Crippen molar-refractivity contribution in [3.8, 4) is 0 Å². The summed E-state index contributed by atoms with van der Waals surface area (Å²) in [6, 6.07) is 7.51. The average Bonchev–Trinajstić information content (AvgIpc) is 2.30. The Morgan fingerprint density at radius 2 is 1.65 bits per heavy atom. The van der Waals surface area contributed by atoms with Gasteiger partial charge in [0.2, 0.25) is 0 Å². The van der Waals surface area contributed by atoms with Crippen LogP contribution in [0.5, 0.6) is 0 Å². The summed E-state index contributed by atoms with van der Waals surface area (Å²) in [7, 11) is 0. The van der Waals surface area contributed by atoms with Gasteiger partial charge in [-0.2, -0.15) is 0 Å². The van der Waals surface area contributed by atoms with E-state index in [1.807, 2.05) is 0 Å². The molecule has 0 amide bonds. The molecule has 0 unspecified atom stereocenters. The van der Waals surface area contributed by atoms with E-state index in [0.29, 0.717) is 0 Å². The lowest BCUT2D eigenvalue weighted by molar-refractivity contribution is -0.811. The fourth-order valence-electron chi connectivity index (χ4n) is 1.66. The van der Waals surface area contributed by atoms with Crippen molar-refractivity contribution < 1.29 is 9.85 Å². The number of rotatable bonds is 6. The van der Waals surface area contributed by atoms with Crippen LogP contribution < -0.4 is 5.73 Å². The molecule has 0 aliphatic rings. The summed E-state index contributed by atoms with van der Waals surface area (Å²) in [6.07, 6.45) is 0.00433. The molecule has 0 atom stereocenters. The van der Waals surface area contributed by atoms with Crippen LogP contribution in [0.25, 0.3) is 0 Å². The predicted molar refractivity (Wildman–Crippen MR) is 60.4 cm³/mol. The molecule has 0 aliphatic heterocycles. The van der Waals surface area contributed by atoms with E-state index in [1.165, 1.54) is 12.1 Å². The van der Waals surface area contributed by atoms with Gasteiger partial charge in [-0.3, -0.25) is 20.2 Å². The number of nitrogens with zero attached hydrogens (tertiary/aromatic N) is 2. The van der Waals surface area contributed by atoms with Gasteiger partial charge in [0.1, 0.15) is 15.4 Å². The minimum Gasteiger partial charge on any atom is -0.330 e. The Kier molecular flexibility index (Phi) is 4.11. The highest BCUT2D eigenvalue weighted by atomic mass is 16.7. The summed E-state index contributed by atoms with van der Waals surface area (Å²) >= 11 is 0. The Morgan fingerprint density at radius 3 is 2.06 bits per heavy atom. The van der Waals surface area contributed by atoms with E-state index < -0.39 is 15.5 Å². The van der Waals surface area contributed by atoms with E-state index in [9.17, 15) is 20.2 Å². The van der Waals surface area contributed by atoms with Crippen LogP contribution in [0.15, 0.2) is 30.3 Å². The smallest absolute Gasteiger partial charge is 0.330 e. The molecule has 0 bridgehead atoms. The summed E-state index contributed by atoms with van der Waals surface area (Å²) in [5.41, 5.74) is 3.05. The highest BCUT2D eigenvalue weighted by molar-refractivity contribution is 5.19. The van der Waals surface area contributed by atoms with E-state index in [-0.39, 0.29) is 24.9 Å². The molecule has 0 saturated carbocycles. The topological polar surface area (TPSA) is 112 Å². The number of hydrogen-bond acceptors (Lipinski definition) is 5. The van der Waals surface area contributed by atoms with Crippen molar-refractivity contribution in [2.45, 2.75) is 18.5 Å². The van der Waals surface area contributed by atoms with Crippen LogP contribution in [0.1, 0.15) is 18.4 Å². The van der Waals surface area contributed by atoms with E-state index in [2.05, 4.69) is 0 Å². The molecule has 0 saturated heterocycles. The zero-order valence-corrected chi connectivity index (χ0v) is 9.11. The second kappa shape index (κ2) is 5.35. The fraction of sp³-hybridized carbons (Fsp3) is 0.400. The number of nitrogens with two attached hydrogens (primary N) is 1. The quantitative estimate of drug-likeness (QED) is 0.454. The third-order valence-corrected chi connectivity index (χ3v) is 2.57. The van der Waals surface area contributed by atoms with Gasteiger partial charge in [-0.25, -0.2) is 0 Å². The van der Waals surface area contributed by atoms with Crippen LogP contribution in [0, 0.1) is 20.2 Å². The van der Waals surface area contributed by atoms with Gasteiger partial charge in [0.05, 0.1) is 6.42 Å². The monoisotopic (exact) mass is 239 g/mol. The first-order valence-electron chi connectivity index (χ1n) is 5.10. The zero-order chi connectivity index (χ0) is 12.9. The van der Waals surface area contributed by atoms with Crippen LogP contribution in [0.4, 0.5) is 0 Å². The Morgan fingerprint density at radius 1 is 1.12 bits per heavy atom. The van der Waals surface area contributed by atoms with Gasteiger partial charge in [-0.05, 0) is 25.1 Å². The molecular formula is C10H13N3O4. The van der Waals surface area contributed by atoms with Crippen molar-refractivity contribution >= 4 is 0 Å². The molecule has 0 aromatic heterocycles. The van der Waals surface area contributed by atoms with Gasteiger partial charge in [0.25, 0.3) is 0 Å². The van der Waals surface area contributed by atoms with E-state index in [4.69, 9.17) is 5.73 Å². The predicted octanol–water partition coefficient (Wildman–Crippen LogP) is 1.13. The maximum Gasteiger partial charge on any atom is 0.484 e. The third kappa shape index (κ3) is 2.39. The van der Waals surface area contributed by atoms with Gasteiger partial charge >= 0.3 is 5.66 Å². The highest BCUT2D eigenvalue weighted by Gasteiger charge is 2.57. The van der Waals surface area contributed by atoms with E-state index in [0.717, 1.165) is 0 Å². The molecule has 0 aliphatic carbocycles. The van der Waals surface area contributed by atoms with Crippen molar-refractivity contribution in [2.24, 2.45) is 5.73 Å². The summed E-state index contributed by atoms with van der Waals surface area (Å²) < 4.78 is 0. The summed E-state index contributed by atoms with van der Waals surface area (Å²) in [4.78, 5) is 20.5. The van der Waals surface area contributed by atoms with Crippen molar-refractivity contribution in [1.29, 1.82) is 0 Å². The standard InChI is InChI=1S/C10H13N3O4/c11-8-4-7-10(12(14)15,13(16)17)9-5-2-1-3-6-9/h1-3,5-6H,4,7-8,11H2. The maximum absolute atomic E-state index is 11.1. The Balaban J connectivity index is 3.25. The first-order chi connectivity index (χ1) is 8.05. The van der Waals surface area contributed by atoms with Crippen LogP contribution in [0.2, 0.25) is 0 Å². The Bertz CT molecular complexity index is 393. The van der Waals surface area contributed by atoms with Crippen LogP contribution in [-0.2, 0) is 5.66 Å². The molecule has 7 nitrogen and oxygen atoms in total. The fourth-order valence-corrected chi connectivity index (χ4v) is 1.66. The molecule has 92 valence electrons. The van der Waals surface area contributed by atoms with Crippen molar-refractivity contribution in [3.63, 3.8) is 0 Å². The lowest BCUT2D eigenvalue weighted by atomic mass is 9.95. The Hall–Kier alpha value is -2.02. The van der Waals surface area contributed by atoms with Gasteiger partial charge in [0, 0.05) is 0 Å². The minimum absolute atomic E-state index is 0.0726. The molecule has 1 aromatic carbocycles. The first-order valence-corrected chi connectivity index (χ1v) is 5.10. The minimum atomic E-state index is -2.29. The third-order valence-electron chi connectivity index (χ3n) is 2.57. The molecule has 0 radical (unpaired) electrons.